The summed E-state index contributed by atoms with van der Waals surface area (Å²) in [6, 6.07) is 8.95. The number of carbonyl (C=O) groups excluding carboxylic acids is 1. The molecule has 2 aromatic heterocycles. The number of imidazole rings is 1. The van der Waals surface area contributed by atoms with Crippen LogP contribution < -0.4 is 9.80 Å². The van der Waals surface area contributed by atoms with Crippen LogP contribution in [0.3, 0.4) is 0 Å². The van der Waals surface area contributed by atoms with Gasteiger partial charge >= 0.3 is 0 Å². The summed E-state index contributed by atoms with van der Waals surface area (Å²) in [6.07, 6.45) is -2.79. The van der Waals surface area contributed by atoms with Gasteiger partial charge in [-0.15, -0.1) is 0 Å². The molecule has 0 aliphatic carbocycles. The molecule has 2 saturated heterocycles. The maximum absolute atomic E-state index is 14.1. The summed E-state index contributed by atoms with van der Waals surface area (Å²) in [4.78, 5) is 31.6. The van der Waals surface area contributed by atoms with Gasteiger partial charge in [-0.1, -0.05) is 12.1 Å². The number of Topliss-reactive ketones (excluding diaryl/α,β-unsaturated/α-hetero) is 1. The van der Waals surface area contributed by atoms with Gasteiger partial charge < -0.3 is 14.5 Å². The molecule has 3 aromatic rings. The number of morpholine rings is 1. The fraction of sp³-hybridized carbons (Fsp3) is 0.520. The number of alkyl halides is 2. The number of piperazine rings is 1. The second-order valence-electron chi connectivity index (χ2n) is 9.97. The zero-order valence-corrected chi connectivity index (χ0v) is 20.8. The van der Waals surface area contributed by atoms with Crippen LogP contribution >= 0.6 is 0 Å². The van der Waals surface area contributed by atoms with Gasteiger partial charge in [0.1, 0.15) is 17.4 Å². The first-order chi connectivity index (χ1) is 17.2. The average molecular weight is 500 g/mol. The van der Waals surface area contributed by atoms with Crippen LogP contribution in [0.15, 0.2) is 30.3 Å². The van der Waals surface area contributed by atoms with E-state index in [9.17, 15) is 13.6 Å². The molecule has 9 nitrogen and oxygen atoms in total. The number of fused-ring (bicyclic) bond motifs is 1. The van der Waals surface area contributed by atoms with Gasteiger partial charge in [0.15, 0.2) is 5.82 Å². The Morgan fingerprint density at radius 3 is 2.39 bits per heavy atom. The van der Waals surface area contributed by atoms with Crippen molar-refractivity contribution in [1.82, 2.24) is 24.4 Å². The van der Waals surface area contributed by atoms with Crippen molar-refractivity contribution in [3.8, 4) is 5.95 Å². The molecule has 5 rings (SSSR count). The molecule has 0 unspecified atom stereocenters. The topological polar surface area (TPSA) is 79.6 Å². The number of hydrogen-bond acceptors (Lipinski definition) is 8. The molecule has 192 valence electrons. The molecule has 0 N–H and O–H groups in total. The number of rotatable bonds is 6. The Bertz CT molecular complexity index is 1250. The summed E-state index contributed by atoms with van der Waals surface area (Å²) in [6.45, 7) is 10.6. The second kappa shape index (κ2) is 9.70. The summed E-state index contributed by atoms with van der Waals surface area (Å²) in [7, 11) is 0. The van der Waals surface area contributed by atoms with Crippen molar-refractivity contribution in [2.75, 3.05) is 62.2 Å². The first-order valence-electron chi connectivity index (χ1n) is 12.2. The zero-order chi connectivity index (χ0) is 25.4. The lowest BCUT2D eigenvalue weighted by Gasteiger charge is -2.39. The Hall–Kier alpha value is -3.18. The van der Waals surface area contributed by atoms with Crippen LogP contribution in [0.2, 0.25) is 0 Å². The fourth-order valence-corrected chi connectivity index (χ4v) is 4.90. The molecule has 2 aliphatic heterocycles. The van der Waals surface area contributed by atoms with Crippen LogP contribution in [-0.2, 0) is 9.53 Å². The van der Waals surface area contributed by atoms with Crippen molar-refractivity contribution in [1.29, 1.82) is 0 Å². The van der Waals surface area contributed by atoms with Gasteiger partial charge in [0.05, 0.1) is 29.8 Å². The Balaban J connectivity index is 1.58. The van der Waals surface area contributed by atoms with E-state index in [-0.39, 0.29) is 23.2 Å². The molecule has 0 saturated carbocycles. The quantitative estimate of drug-likeness (QED) is 0.512. The minimum absolute atomic E-state index is 0.136. The Labute approximate surface area is 208 Å². The predicted octanol–water partition coefficient (Wildman–Crippen LogP) is 3.08. The van der Waals surface area contributed by atoms with Crippen LogP contribution in [0.25, 0.3) is 17.0 Å². The number of ketones is 1. The molecule has 0 radical (unpaired) electrons. The average Bonchev–Trinajstić information content (AvgIpc) is 3.23. The highest BCUT2D eigenvalue weighted by molar-refractivity contribution is 5.78. The normalized spacial score (nSPS) is 18.8. The summed E-state index contributed by atoms with van der Waals surface area (Å²) < 4.78 is 35.4. The van der Waals surface area contributed by atoms with Crippen molar-refractivity contribution >= 4 is 28.5 Å². The molecule has 36 heavy (non-hydrogen) atoms. The van der Waals surface area contributed by atoms with E-state index in [0.717, 1.165) is 13.1 Å². The number of halogens is 2. The largest absolute Gasteiger partial charge is 0.372 e. The summed E-state index contributed by atoms with van der Waals surface area (Å²) in [5.41, 5.74) is 0.635. The van der Waals surface area contributed by atoms with E-state index >= 15 is 0 Å². The maximum Gasteiger partial charge on any atom is 0.296 e. The van der Waals surface area contributed by atoms with E-state index in [4.69, 9.17) is 14.7 Å². The first-order valence-corrected chi connectivity index (χ1v) is 12.2. The fourth-order valence-electron chi connectivity index (χ4n) is 4.90. The molecular weight excluding hydrogens is 468 g/mol. The Kier molecular flexibility index (Phi) is 6.60. The molecule has 2 fully saturated rings. The lowest BCUT2D eigenvalue weighted by molar-refractivity contribution is -0.118. The predicted molar refractivity (Wildman–Crippen MR) is 133 cm³/mol. The van der Waals surface area contributed by atoms with Gasteiger partial charge in [-0.05, 0) is 32.9 Å². The van der Waals surface area contributed by atoms with Crippen LogP contribution in [0.4, 0.5) is 20.4 Å². The molecule has 0 spiro atoms. The van der Waals surface area contributed by atoms with Gasteiger partial charge in [0, 0.05) is 45.3 Å². The molecule has 1 aromatic carbocycles. The number of anilines is 2. The van der Waals surface area contributed by atoms with Crippen LogP contribution in [-0.4, -0.2) is 88.2 Å². The molecule has 0 atom stereocenters. The Morgan fingerprint density at radius 2 is 1.72 bits per heavy atom. The van der Waals surface area contributed by atoms with E-state index in [1.807, 2.05) is 19.9 Å². The maximum atomic E-state index is 14.1. The highest BCUT2D eigenvalue weighted by Gasteiger charge is 2.30. The molecule has 0 amide bonds. The number of para-hydroxylation sites is 2. The SMILES string of the molecule is CC(=O)CN1CCN(c2cc(N3CCOC(C)(C)C3)nc(-n3c(C(F)F)nc4ccccc43)n2)CC1. The highest BCUT2D eigenvalue weighted by atomic mass is 19.3. The van der Waals surface area contributed by atoms with Gasteiger partial charge in [-0.2, -0.15) is 9.97 Å². The number of hydrogen-bond donors (Lipinski definition) is 0. The minimum Gasteiger partial charge on any atom is -0.372 e. The number of carbonyl (C=O) groups is 1. The van der Waals surface area contributed by atoms with Crippen molar-refractivity contribution < 1.29 is 18.3 Å². The van der Waals surface area contributed by atoms with Gasteiger partial charge in [-0.3, -0.25) is 14.3 Å². The van der Waals surface area contributed by atoms with E-state index in [1.54, 1.807) is 31.2 Å². The van der Waals surface area contributed by atoms with E-state index < -0.39 is 6.43 Å². The summed E-state index contributed by atoms with van der Waals surface area (Å²) >= 11 is 0. The van der Waals surface area contributed by atoms with Crippen molar-refractivity contribution in [2.24, 2.45) is 0 Å². The van der Waals surface area contributed by atoms with Gasteiger partial charge in [-0.25, -0.2) is 13.8 Å². The van der Waals surface area contributed by atoms with Crippen molar-refractivity contribution in [3.05, 3.63) is 36.2 Å². The monoisotopic (exact) mass is 499 g/mol. The highest BCUT2D eigenvalue weighted by Crippen LogP contribution is 2.30. The van der Waals surface area contributed by atoms with Gasteiger partial charge in [0.25, 0.3) is 6.43 Å². The van der Waals surface area contributed by atoms with Crippen LogP contribution in [0.1, 0.15) is 33.0 Å². The van der Waals surface area contributed by atoms with Crippen molar-refractivity contribution in [2.45, 2.75) is 32.8 Å². The first kappa shape index (κ1) is 24.5. The minimum atomic E-state index is -2.79. The third-order valence-electron chi connectivity index (χ3n) is 6.56. The number of ether oxygens (including phenoxy) is 1. The summed E-state index contributed by atoms with van der Waals surface area (Å²) in [5.74, 6) is 1.25. The molecule has 2 aliphatic rings. The van der Waals surface area contributed by atoms with Crippen LogP contribution in [0, 0.1) is 0 Å². The summed E-state index contributed by atoms with van der Waals surface area (Å²) in [5, 5.41) is 0. The zero-order valence-electron chi connectivity index (χ0n) is 20.8. The molecule has 4 heterocycles. The third kappa shape index (κ3) is 5.03. The second-order valence-corrected chi connectivity index (χ2v) is 9.97. The Morgan fingerprint density at radius 1 is 1.03 bits per heavy atom. The van der Waals surface area contributed by atoms with E-state index in [1.165, 1.54) is 4.57 Å². The lowest BCUT2D eigenvalue weighted by Crippen LogP contribution is -2.49. The standard InChI is InChI=1S/C25H31F2N7O2/c1-17(35)15-31-8-10-32(11-9-31)20-14-21(33-12-13-36-25(2,3)16-33)30-24(29-20)34-19-7-5-4-6-18(19)28-23(34)22(26)27/h4-7,14,22H,8-13,15-16H2,1-3H3. The molecule has 11 heteroatoms. The number of aromatic nitrogens is 4. The smallest absolute Gasteiger partial charge is 0.296 e. The van der Waals surface area contributed by atoms with Gasteiger partial charge in [0.2, 0.25) is 5.95 Å². The number of benzene rings is 1. The lowest BCUT2D eigenvalue weighted by atomic mass is 10.1. The van der Waals surface area contributed by atoms with E-state index in [2.05, 4.69) is 19.7 Å². The van der Waals surface area contributed by atoms with Crippen molar-refractivity contribution in [3.63, 3.8) is 0 Å². The molecule has 0 bridgehead atoms. The number of nitrogens with zero attached hydrogens (tertiary/aromatic N) is 7. The van der Waals surface area contributed by atoms with E-state index in [0.29, 0.717) is 62.0 Å². The molecular formula is C25H31F2N7O2. The van der Waals surface area contributed by atoms with Crippen LogP contribution in [0.5, 0.6) is 0 Å². The third-order valence-corrected chi connectivity index (χ3v) is 6.56.